The number of benzene rings is 1. The summed E-state index contributed by atoms with van der Waals surface area (Å²) in [6.45, 7) is 2.98. The summed E-state index contributed by atoms with van der Waals surface area (Å²) >= 11 is 6.00. The smallest absolute Gasteiger partial charge is 0.123 e. The SMILES string of the molecule is COc1ccc(C)cc1CNC1CCCC1CCl. The van der Waals surface area contributed by atoms with Gasteiger partial charge >= 0.3 is 0 Å². The van der Waals surface area contributed by atoms with Crippen molar-refractivity contribution in [1.29, 1.82) is 0 Å². The van der Waals surface area contributed by atoms with Crippen molar-refractivity contribution >= 4 is 11.6 Å². The van der Waals surface area contributed by atoms with E-state index in [0.29, 0.717) is 12.0 Å². The number of ether oxygens (including phenoxy) is 1. The Labute approximate surface area is 115 Å². The van der Waals surface area contributed by atoms with Crippen molar-refractivity contribution in [3.63, 3.8) is 0 Å². The standard InChI is InChI=1S/C15H22ClNO/c1-11-6-7-15(18-2)13(8-11)10-17-14-5-3-4-12(14)9-16/h6-8,12,14,17H,3-5,9-10H2,1-2H3. The minimum Gasteiger partial charge on any atom is -0.496 e. The Kier molecular flexibility index (Phi) is 4.90. The topological polar surface area (TPSA) is 21.3 Å². The van der Waals surface area contributed by atoms with Gasteiger partial charge in [0.05, 0.1) is 7.11 Å². The number of aryl methyl sites for hydroxylation is 1. The van der Waals surface area contributed by atoms with Gasteiger partial charge in [0, 0.05) is 24.0 Å². The molecular formula is C15H22ClNO. The second-order valence-corrected chi connectivity index (χ2v) is 5.46. The Balaban J connectivity index is 1.99. The summed E-state index contributed by atoms with van der Waals surface area (Å²) in [7, 11) is 1.73. The predicted molar refractivity (Wildman–Crippen MR) is 76.4 cm³/mol. The molecule has 1 aromatic rings. The van der Waals surface area contributed by atoms with E-state index in [0.717, 1.165) is 18.2 Å². The molecule has 2 nitrogen and oxygen atoms in total. The Bertz CT molecular complexity index is 394. The fourth-order valence-corrected chi connectivity index (χ4v) is 3.15. The van der Waals surface area contributed by atoms with Gasteiger partial charge in [-0.05, 0) is 31.7 Å². The predicted octanol–water partition coefficient (Wildman–Crippen LogP) is 3.50. The first kappa shape index (κ1) is 13.7. The molecule has 1 saturated carbocycles. The van der Waals surface area contributed by atoms with E-state index in [2.05, 4.69) is 24.4 Å². The molecule has 18 heavy (non-hydrogen) atoms. The number of alkyl halides is 1. The molecule has 0 radical (unpaired) electrons. The second kappa shape index (κ2) is 6.44. The van der Waals surface area contributed by atoms with Gasteiger partial charge in [-0.3, -0.25) is 0 Å². The van der Waals surface area contributed by atoms with Gasteiger partial charge < -0.3 is 10.1 Å². The maximum Gasteiger partial charge on any atom is 0.123 e. The van der Waals surface area contributed by atoms with Crippen LogP contribution in [0.5, 0.6) is 5.75 Å². The third-order valence-electron chi connectivity index (χ3n) is 3.85. The summed E-state index contributed by atoms with van der Waals surface area (Å²) in [5, 5.41) is 3.64. The summed E-state index contributed by atoms with van der Waals surface area (Å²) < 4.78 is 5.40. The van der Waals surface area contributed by atoms with E-state index >= 15 is 0 Å². The zero-order valence-corrected chi connectivity index (χ0v) is 12.0. The van der Waals surface area contributed by atoms with Crippen LogP contribution in [0.15, 0.2) is 18.2 Å². The molecule has 0 amide bonds. The number of nitrogens with one attached hydrogen (secondary N) is 1. The fourth-order valence-electron chi connectivity index (χ4n) is 2.78. The number of methoxy groups -OCH3 is 1. The molecule has 0 heterocycles. The lowest BCUT2D eigenvalue weighted by molar-refractivity contribution is 0.396. The van der Waals surface area contributed by atoms with Crippen LogP contribution in [0.3, 0.4) is 0 Å². The molecule has 100 valence electrons. The maximum atomic E-state index is 6.00. The first-order valence-corrected chi connectivity index (χ1v) is 7.21. The van der Waals surface area contributed by atoms with Crippen LogP contribution in [0.1, 0.15) is 30.4 Å². The van der Waals surface area contributed by atoms with Crippen LogP contribution in [0.25, 0.3) is 0 Å². The molecule has 2 rings (SSSR count). The third kappa shape index (κ3) is 3.18. The van der Waals surface area contributed by atoms with Crippen LogP contribution in [0.2, 0.25) is 0 Å². The van der Waals surface area contributed by atoms with Crippen molar-refractivity contribution in [1.82, 2.24) is 5.32 Å². The number of rotatable bonds is 5. The van der Waals surface area contributed by atoms with Crippen molar-refractivity contribution in [3.05, 3.63) is 29.3 Å². The molecule has 1 fully saturated rings. The van der Waals surface area contributed by atoms with Gasteiger partial charge in [0.1, 0.15) is 5.75 Å². The summed E-state index contributed by atoms with van der Waals surface area (Å²) in [5.74, 6) is 2.36. The van der Waals surface area contributed by atoms with Gasteiger partial charge in [0.2, 0.25) is 0 Å². The van der Waals surface area contributed by atoms with Gasteiger partial charge in [-0.15, -0.1) is 11.6 Å². The lowest BCUT2D eigenvalue weighted by atomic mass is 10.1. The third-order valence-corrected chi connectivity index (χ3v) is 4.24. The zero-order valence-electron chi connectivity index (χ0n) is 11.2. The maximum absolute atomic E-state index is 6.00. The molecule has 0 saturated heterocycles. The molecule has 0 bridgehead atoms. The number of hydrogen-bond acceptors (Lipinski definition) is 2. The quantitative estimate of drug-likeness (QED) is 0.825. The van der Waals surface area contributed by atoms with E-state index in [1.807, 2.05) is 6.07 Å². The van der Waals surface area contributed by atoms with Crippen molar-refractivity contribution in [3.8, 4) is 5.75 Å². The van der Waals surface area contributed by atoms with Gasteiger partial charge in [-0.2, -0.15) is 0 Å². The lowest BCUT2D eigenvalue weighted by Crippen LogP contribution is -2.32. The highest BCUT2D eigenvalue weighted by atomic mass is 35.5. The summed E-state index contributed by atoms with van der Waals surface area (Å²) in [4.78, 5) is 0. The van der Waals surface area contributed by atoms with Crippen molar-refractivity contribution < 1.29 is 4.74 Å². The second-order valence-electron chi connectivity index (χ2n) is 5.15. The monoisotopic (exact) mass is 267 g/mol. The molecule has 0 aliphatic heterocycles. The summed E-state index contributed by atoms with van der Waals surface area (Å²) in [6, 6.07) is 6.88. The van der Waals surface area contributed by atoms with Crippen LogP contribution in [-0.2, 0) is 6.54 Å². The minimum absolute atomic E-state index is 0.563. The van der Waals surface area contributed by atoms with Crippen LogP contribution in [0, 0.1) is 12.8 Å². The van der Waals surface area contributed by atoms with E-state index in [-0.39, 0.29) is 0 Å². The molecule has 2 unspecified atom stereocenters. The largest absolute Gasteiger partial charge is 0.496 e. The lowest BCUT2D eigenvalue weighted by Gasteiger charge is -2.20. The van der Waals surface area contributed by atoms with E-state index in [1.165, 1.54) is 30.4 Å². The Hall–Kier alpha value is -0.730. The van der Waals surface area contributed by atoms with Gasteiger partial charge in [0.25, 0.3) is 0 Å². The number of halogens is 1. The molecule has 0 spiro atoms. The molecule has 1 aromatic carbocycles. The van der Waals surface area contributed by atoms with Gasteiger partial charge in [-0.25, -0.2) is 0 Å². The first-order valence-electron chi connectivity index (χ1n) is 6.67. The van der Waals surface area contributed by atoms with E-state index < -0.39 is 0 Å². The molecule has 1 aliphatic rings. The Morgan fingerprint density at radius 2 is 2.22 bits per heavy atom. The van der Waals surface area contributed by atoms with Crippen LogP contribution < -0.4 is 10.1 Å². The zero-order chi connectivity index (χ0) is 13.0. The highest BCUT2D eigenvalue weighted by molar-refractivity contribution is 6.18. The van der Waals surface area contributed by atoms with E-state index in [4.69, 9.17) is 16.3 Å². The van der Waals surface area contributed by atoms with Gasteiger partial charge in [-0.1, -0.05) is 24.1 Å². The molecular weight excluding hydrogens is 246 g/mol. The molecule has 2 atom stereocenters. The van der Waals surface area contributed by atoms with Crippen molar-refractivity contribution in [2.24, 2.45) is 5.92 Å². The van der Waals surface area contributed by atoms with E-state index in [9.17, 15) is 0 Å². The molecule has 1 aliphatic carbocycles. The van der Waals surface area contributed by atoms with Crippen molar-refractivity contribution in [2.45, 2.75) is 38.8 Å². The van der Waals surface area contributed by atoms with Crippen LogP contribution in [0.4, 0.5) is 0 Å². The summed E-state index contributed by atoms with van der Waals surface area (Å²) in [5.41, 5.74) is 2.51. The average molecular weight is 268 g/mol. The average Bonchev–Trinajstić information content (AvgIpc) is 2.84. The van der Waals surface area contributed by atoms with Crippen LogP contribution >= 0.6 is 11.6 Å². The summed E-state index contributed by atoms with van der Waals surface area (Å²) in [6.07, 6.45) is 3.79. The number of hydrogen-bond donors (Lipinski definition) is 1. The van der Waals surface area contributed by atoms with Gasteiger partial charge in [0.15, 0.2) is 0 Å². The normalized spacial score (nSPS) is 23.3. The van der Waals surface area contributed by atoms with Crippen LogP contribution in [-0.4, -0.2) is 19.0 Å². The van der Waals surface area contributed by atoms with E-state index in [1.54, 1.807) is 7.11 Å². The minimum atomic E-state index is 0.563. The molecule has 1 N–H and O–H groups in total. The highest BCUT2D eigenvalue weighted by Crippen LogP contribution is 2.27. The first-order chi connectivity index (χ1) is 8.74. The Morgan fingerprint density at radius 3 is 2.94 bits per heavy atom. The molecule has 3 heteroatoms. The Morgan fingerprint density at radius 1 is 1.39 bits per heavy atom. The highest BCUT2D eigenvalue weighted by Gasteiger charge is 2.25. The van der Waals surface area contributed by atoms with Crippen molar-refractivity contribution in [2.75, 3.05) is 13.0 Å². The molecule has 0 aromatic heterocycles. The fraction of sp³-hybridized carbons (Fsp3) is 0.600.